The van der Waals surface area contributed by atoms with Crippen molar-refractivity contribution in [3.63, 3.8) is 0 Å². The standard InChI is InChI=1S/C23H31N3O2/c1-22(2,3)21(27)25-11-17-18-13-26(14-23(18)8-6-20(17)28-23)12-15-4-5-19-16(10-15)7-9-24-19/h4-5,7,9-10,17-18,20,24H,6,8,11-14H2,1-3H3,(H,25,27)/t17-,18+,20+,23+/m0/s1. The third-order valence-corrected chi connectivity index (χ3v) is 7.06. The Hall–Kier alpha value is -1.85. The number of benzene rings is 1. The highest BCUT2D eigenvalue weighted by Gasteiger charge is 2.62. The number of aromatic amines is 1. The zero-order chi connectivity index (χ0) is 19.5. The molecule has 3 fully saturated rings. The average Bonchev–Trinajstić information content (AvgIpc) is 3.38. The number of hydrogen-bond donors (Lipinski definition) is 2. The smallest absolute Gasteiger partial charge is 0.225 e. The molecule has 1 amide bonds. The van der Waals surface area contributed by atoms with Gasteiger partial charge in [0, 0.05) is 55.1 Å². The summed E-state index contributed by atoms with van der Waals surface area (Å²) in [6, 6.07) is 8.82. The Morgan fingerprint density at radius 1 is 1.36 bits per heavy atom. The molecule has 0 aliphatic carbocycles. The van der Waals surface area contributed by atoms with E-state index >= 15 is 0 Å². The van der Waals surface area contributed by atoms with E-state index in [9.17, 15) is 4.79 Å². The molecule has 3 aliphatic heterocycles. The molecule has 1 aromatic carbocycles. The van der Waals surface area contributed by atoms with E-state index in [0.29, 0.717) is 17.9 Å². The molecule has 2 bridgehead atoms. The van der Waals surface area contributed by atoms with Crippen LogP contribution in [0.2, 0.25) is 0 Å². The Kier molecular flexibility index (Phi) is 4.11. The van der Waals surface area contributed by atoms with Crippen LogP contribution in [-0.2, 0) is 16.1 Å². The number of nitrogens with one attached hydrogen (secondary N) is 2. The Labute approximate surface area is 166 Å². The van der Waals surface area contributed by atoms with Gasteiger partial charge in [-0.15, -0.1) is 0 Å². The fraction of sp³-hybridized carbons (Fsp3) is 0.609. The molecule has 0 unspecified atom stereocenters. The van der Waals surface area contributed by atoms with Crippen molar-refractivity contribution >= 4 is 16.8 Å². The Balaban J connectivity index is 1.27. The minimum absolute atomic E-state index is 0.0139. The van der Waals surface area contributed by atoms with Gasteiger partial charge in [-0.3, -0.25) is 9.69 Å². The van der Waals surface area contributed by atoms with Gasteiger partial charge < -0.3 is 15.0 Å². The monoisotopic (exact) mass is 381 g/mol. The van der Waals surface area contributed by atoms with Gasteiger partial charge in [-0.25, -0.2) is 0 Å². The van der Waals surface area contributed by atoms with Crippen LogP contribution in [0.25, 0.3) is 10.9 Å². The molecule has 2 N–H and O–H groups in total. The summed E-state index contributed by atoms with van der Waals surface area (Å²) >= 11 is 0. The van der Waals surface area contributed by atoms with Crippen LogP contribution in [0.15, 0.2) is 30.5 Å². The minimum Gasteiger partial charge on any atom is -0.370 e. The summed E-state index contributed by atoms with van der Waals surface area (Å²) in [6.45, 7) is 9.71. The molecule has 4 heterocycles. The first kappa shape index (κ1) is 18.2. The van der Waals surface area contributed by atoms with Gasteiger partial charge in [0.2, 0.25) is 5.91 Å². The largest absolute Gasteiger partial charge is 0.370 e. The minimum atomic E-state index is -0.339. The van der Waals surface area contributed by atoms with E-state index in [4.69, 9.17) is 4.74 Å². The van der Waals surface area contributed by atoms with Crippen molar-refractivity contribution in [2.45, 2.75) is 51.9 Å². The third-order valence-electron chi connectivity index (χ3n) is 7.06. The second-order valence-electron chi connectivity index (χ2n) is 10.1. The summed E-state index contributed by atoms with van der Waals surface area (Å²) in [5, 5.41) is 4.47. The van der Waals surface area contributed by atoms with Crippen molar-refractivity contribution < 1.29 is 9.53 Å². The maximum absolute atomic E-state index is 12.3. The van der Waals surface area contributed by atoms with Crippen LogP contribution in [0.5, 0.6) is 0 Å². The van der Waals surface area contributed by atoms with E-state index in [0.717, 1.165) is 32.6 Å². The number of fused-ring (bicyclic) bond motifs is 2. The second-order valence-corrected chi connectivity index (χ2v) is 10.1. The first-order valence-corrected chi connectivity index (χ1v) is 10.6. The highest BCUT2D eigenvalue weighted by atomic mass is 16.5. The zero-order valence-corrected chi connectivity index (χ0v) is 17.1. The summed E-state index contributed by atoms with van der Waals surface area (Å²) in [5.41, 5.74) is 2.22. The molecule has 1 aromatic heterocycles. The molecule has 5 nitrogen and oxygen atoms in total. The first-order valence-electron chi connectivity index (χ1n) is 10.6. The van der Waals surface area contributed by atoms with Crippen LogP contribution in [0, 0.1) is 17.3 Å². The predicted molar refractivity (Wildman–Crippen MR) is 110 cm³/mol. The molecule has 2 aromatic rings. The molecule has 3 aliphatic rings. The maximum Gasteiger partial charge on any atom is 0.225 e. The number of likely N-dealkylation sites (tertiary alicyclic amines) is 1. The zero-order valence-electron chi connectivity index (χ0n) is 17.1. The van der Waals surface area contributed by atoms with Crippen molar-refractivity contribution in [1.29, 1.82) is 0 Å². The summed E-state index contributed by atoms with van der Waals surface area (Å²) in [6.07, 6.45) is 4.62. The highest BCUT2D eigenvalue weighted by Crippen LogP contribution is 2.54. The fourth-order valence-corrected chi connectivity index (χ4v) is 5.62. The third kappa shape index (κ3) is 2.96. The maximum atomic E-state index is 12.3. The second kappa shape index (κ2) is 6.33. The van der Waals surface area contributed by atoms with Gasteiger partial charge >= 0.3 is 0 Å². The summed E-state index contributed by atoms with van der Waals surface area (Å²) < 4.78 is 6.54. The molecule has 5 heteroatoms. The van der Waals surface area contributed by atoms with Crippen LogP contribution >= 0.6 is 0 Å². The van der Waals surface area contributed by atoms with Gasteiger partial charge in [-0.1, -0.05) is 26.8 Å². The molecule has 150 valence electrons. The summed E-state index contributed by atoms with van der Waals surface area (Å²) in [5.74, 6) is 1.11. The number of carbonyl (C=O) groups is 1. The lowest BCUT2D eigenvalue weighted by Crippen LogP contribution is -2.44. The van der Waals surface area contributed by atoms with Gasteiger partial charge in [0.15, 0.2) is 0 Å². The average molecular weight is 382 g/mol. The molecule has 1 spiro atoms. The first-order chi connectivity index (χ1) is 13.3. The van der Waals surface area contributed by atoms with E-state index in [1.165, 1.54) is 22.9 Å². The van der Waals surface area contributed by atoms with Crippen LogP contribution in [0.1, 0.15) is 39.2 Å². The number of carbonyl (C=O) groups excluding carboxylic acids is 1. The Morgan fingerprint density at radius 3 is 3.04 bits per heavy atom. The Morgan fingerprint density at radius 2 is 2.21 bits per heavy atom. The molecule has 0 radical (unpaired) electrons. The number of amides is 1. The van der Waals surface area contributed by atoms with E-state index < -0.39 is 0 Å². The summed E-state index contributed by atoms with van der Waals surface area (Å²) in [7, 11) is 0. The number of nitrogens with zero attached hydrogens (tertiary/aromatic N) is 1. The van der Waals surface area contributed by atoms with Crippen molar-refractivity contribution in [2.24, 2.45) is 17.3 Å². The van der Waals surface area contributed by atoms with E-state index in [1.807, 2.05) is 27.0 Å². The SMILES string of the molecule is CC(C)(C)C(=O)NC[C@H]1[C@H]2CN(Cc3ccc4[nH]ccc4c3)C[C@]23CC[C@H]1O3. The Bertz CT molecular complexity index is 899. The normalized spacial score (nSPS) is 32.2. The van der Waals surface area contributed by atoms with Crippen LogP contribution in [-0.4, -0.2) is 47.1 Å². The number of hydrogen-bond acceptors (Lipinski definition) is 3. The van der Waals surface area contributed by atoms with Crippen molar-refractivity contribution in [3.8, 4) is 0 Å². The van der Waals surface area contributed by atoms with Crippen molar-refractivity contribution in [3.05, 3.63) is 36.0 Å². The van der Waals surface area contributed by atoms with Gasteiger partial charge in [-0.2, -0.15) is 0 Å². The number of aromatic nitrogens is 1. The molecule has 4 atom stereocenters. The van der Waals surface area contributed by atoms with Gasteiger partial charge in [-0.05, 0) is 42.0 Å². The highest BCUT2D eigenvalue weighted by molar-refractivity contribution is 5.81. The van der Waals surface area contributed by atoms with Gasteiger partial charge in [0.1, 0.15) is 0 Å². The van der Waals surface area contributed by atoms with Crippen LogP contribution < -0.4 is 5.32 Å². The molecule has 0 saturated carbocycles. The summed E-state index contributed by atoms with van der Waals surface area (Å²) in [4.78, 5) is 18.2. The lowest BCUT2D eigenvalue weighted by Gasteiger charge is -2.30. The molecule has 3 saturated heterocycles. The van der Waals surface area contributed by atoms with Gasteiger partial charge in [0.05, 0.1) is 11.7 Å². The number of rotatable bonds is 4. The topological polar surface area (TPSA) is 57.4 Å². The quantitative estimate of drug-likeness (QED) is 0.854. The van der Waals surface area contributed by atoms with Crippen molar-refractivity contribution in [2.75, 3.05) is 19.6 Å². The molecule has 28 heavy (non-hydrogen) atoms. The van der Waals surface area contributed by atoms with E-state index in [1.54, 1.807) is 0 Å². The lowest BCUT2D eigenvalue weighted by atomic mass is 9.73. The van der Waals surface area contributed by atoms with Crippen LogP contribution in [0.3, 0.4) is 0 Å². The van der Waals surface area contributed by atoms with Crippen molar-refractivity contribution in [1.82, 2.24) is 15.2 Å². The number of H-pyrrole nitrogens is 1. The lowest BCUT2D eigenvalue weighted by molar-refractivity contribution is -0.128. The van der Waals surface area contributed by atoms with E-state index in [2.05, 4.69) is 39.5 Å². The molecule has 5 rings (SSSR count). The molecular formula is C23H31N3O2. The fourth-order valence-electron chi connectivity index (χ4n) is 5.62. The molecular weight excluding hydrogens is 350 g/mol. The number of ether oxygens (including phenoxy) is 1. The van der Waals surface area contributed by atoms with Gasteiger partial charge in [0.25, 0.3) is 0 Å². The van der Waals surface area contributed by atoms with E-state index in [-0.39, 0.29) is 16.9 Å². The van der Waals surface area contributed by atoms with Crippen LogP contribution in [0.4, 0.5) is 0 Å². The predicted octanol–water partition coefficient (Wildman–Crippen LogP) is 3.31.